The second-order valence-electron chi connectivity index (χ2n) is 5.40. The molecule has 0 aliphatic rings. The van der Waals surface area contributed by atoms with E-state index in [9.17, 15) is 9.90 Å². The molecular weight excluding hydrogens is 226 g/mol. The lowest BCUT2D eigenvalue weighted by molar-refractivity contribution is 0.0697. The first-order chi connectivity index (χ1) is 8.27. The molecule has 1 rings (SSSR count). The predicted octanol–water partition coefficient (Wildman–Crippen LogP) is 3.48. The number of hydrogen-bond acceptors (Lipinski definition) is 2. The minimum Gasteiger partial charge on any atom is -0.478 e. The van der Waals surface area contributed by atoms with Gasteiger partial charge in [-0.15, -0.1) is 6.58 Å². The fraction of sp³-hybridized carbons (Fsp3) is 0.400. The van der Waals surface area contributed by atoms with E-state index in [-0.39, 0.29) is 5.54 Å². The molecule has 0 aromatic heterocycles. The summed E-state index contributed by atoms with van der Waals surface area (Å²) < 4.78 is 0. The monoisotopic (exact) mass is 247 g/mol. The molecular formula is C15H21NO2. The molecule has 0 aliphatic heterocycles. The van der Waals surface area contributed by atoms with Crippen molar-refractivity contribution in [2.45, 2.75) is 33.2 Å². The summed E-state index contributed by atoms with van der Waals surface area (Å²) in [4.78, 5) is 13.4. The standard InChI is InChI=1S/C15H21NO2/c1-6-9-16(15(3,4)5)13-10-11(2)7-8-12(13)14(17)18/h6-8,10H,1,9H2,2-5H3,(H,17,18). The van der Waals surface area contributed by atoms with Gasteiger partial charge in [-0.1, -0.05) is 12.1 Å². The molecule has 0 aliphatic carbocycles. The van der Waals surface area contributed by atoms with Gasteiger partial charge in [0.05, 0.1) is 11.3 Å². The van der Waals surface area contributed by atoms with E-state index in [1.807, 2.05) is 19.1 Å². The zero-order valence-corrected chi connectivity index (χ0v) is 11.5. The molecule has 0 radical (unpaired) electrons. The maximum atomic E-state index is 11.3. The van der Waals surface area contributed by atoms with Crippen molar-refractivity contribution in [2.24, 2.45) is 0 Å². The van der Waals surface area contributed by atoms with Crippen LogP contribution in [0.4, 0.5) is 5.69 Å². The molecule has 0 fully saturated rings. The first kappa shape index (κ1) is 14.3. The minimum absolute atomic E-state index is 0.161. The Hall–Kier alpha value is -1.77. The average Bonchev–Trinajstić information content (AvgIpc) is 2.23. The largest absolute Gasteiger partial charge is 0.478 e. The maximum absolute atomic E-state index is 11.3. The van der Waals surface area contributed by atoms with Crippen molar-refractivity contribution < 1.29 is 9.90 Å². The molecule has 1 aromatic carbocycles. The Bertz CT molecular complexity index is 458. The van der Waals surface area contributed by atoms with Crippen molar-refractivity contribution in [3.8, 4) is 0 Å². The lowest BCUT2D eigenvalue weighted by Crippen LogP contribution is -2.42. The number of aryl methyl sites for hydroxylation is 1. The Morgan fingerprint density at radius 3 is 2.50 bits per heavy atom. The molecule has 0 saturated carbocycles. The van der Waals surface area contributed by atoms with Gasteiger partial charge in [0, 0.05) is 12.1 Å². The third-order valence-corrected chi connectivity index (χ3v) is 2.80. The second kappa shape index (κ2) is 5.25. The van der Waals surface area contributed by atoms with Crippen LogP contribution < -0.4 is 4.90 Å². The number of benzene rings is 1. The van der Waals surface area contributed by atoms with Crippen molar-refractivity contribution in [3.05, 3.63) is 42.0 Å². The van der Waals surface area contributed by atoms with Crippen LogP contribution in [-0.2, 0) is 0 Å². The van der Waals surface area contributed by atoms with E-state index in [0.29, 0.717) is 12.1 Å². The van der Waals surface area contributed by atoms with Crippen molar-refractivity contribution >= 4 is 11.7 Å². The molecule has 0 unspecified atom stereocenters. The fourth-order valence-electron chi connectivity index (χ4n) is 1.91. The summed E-state index contributed by atoms with van der Waals surface area (Å²) in [6, 6.07) is 5.40. The molecule has 1 N–H and O–H groups in total. The summed E-state index contributed by atoms with van der Waals surface area (Å²) in [5, 5.41) is 9.29. The lowest BCUT2D eigenvalue weighted by Gasteiger charge is -2.38. The third-order valence-electron chi connectivity index (χ3n) is 2.80. The number of carboxylic acid groups (broad SMARTS) is 1. The molecule has 0 atom stereocenters. The number of carboxylic acids is 1. The Morgan fingerprint density at radius 2 is 2.06 bits per heavy atom. The van der Waals surface area contributed by atoms with Crippen LogP contribution in [0.25, 0.3) is 0 Å². The van der Waals surface area contributed by atoms with Crippen LogP contribution in [0.2, 0.25) is 0 Å². The summed E-state index contributed by atoms with van der Waals surface area (Å²) in [7, 11) is 0. The van der Waals surface area contributed by atoms with Gasteiger partial charge < -0.3 is 10.0 Å². The molecule has 0 bridgehead atoms. The molecule has 0 spiro atoms. The van der Waals surface area contributed by atoms with E-state index in [2.05, 4.69) is 32.3 Å². The zero-order valence-electron chi connectivity index (χ0n) is 11.5. The number of aromatic carboxylic acids is 1. The van der Waals surface area contributed by atoms with Gasteiger partial charge in [0.1, 0.15) is 0 Å². The van der Waals surface area contributed by atoms with Crippen molar-refractivity contribution in [3.63, 3.8) is 0 Å². The Morgan fingerprint density at radius 1 is 1.44 bits per heavy atom. The lowest BCUT2D eigenvalue weighted by atomic mass is 10.0. The van der Waals surface area contributed by atoms with Gasteiger partial charge in [0.2, 0.25) is 0 Å². The van der Waals surface area contributed by atoms with Gasteiger partial charge in [0.15, 0.2) is 0 Å². The van der Waals surface area contributed by atoms with E-state index in [1.54, 1.807) is 12.1 Å². The van der Waals surface area contributed by atoms with Crippen molar-refractivity contribution in [1.29, 1.82) is 0 Å². The summed E-state index contributed by atoms with van der Waals surface area (Å²) in [6.07, 6.45) is 1.79. The first-order valence-corrected chi connectivity index (χ1v) is 6.00. The normalized spacial score (nSPS) is 11.1. The number of hydrogen-bond donors (Lipinski definition) is 1. The van der Waals surface area contributed by atoms with Crippen molar-refractivity contribution in [1.82, 2.24) is 0 Å². The summed E-state index contributed by atoms with van der Waals surface area (Å²) in [6.45, 7) is 12.5. The molecule has 3 nitrogen and oxygen atoms in total. The number of nitrogens with zero attached hydrogens (tertiary/aromatic N) is 1. The summed E-state index contributed by atoms with van der Waals surface area (Å²) >= 11 is 0. The van der Waals surface area contributed by atoms with Crippen LogP contribution in [-0.4, -0.2) is 23.2 Å². The number of carbonyl (C=O) groups is 1. The summed E-state index contributed by atoms with van der Waals surface area (Å²) in [5.74, 6) is -0.900. The Labute approximate surface area is 109 Å². The quantitative estimate of drug-likeness (QED) is 0.828. The highest BCUT2D eigenvalue weighted by Crippen LogP contribution is 2.28. The zero-order chi connectivity index (χ0) is 13.9. The van der Waals surface area contributed by atoms with Gasteiger partial charge >= 0.3 is 5.97 Å². The van der Waals surface area contributed by atoms with Crippen molar-refractivity contribution in [2.75, 3.05) is 11.4 Å². The Balaban J connectivity index is 3.38. The molecule has 0 heterocycles. The average molecular weight is 247 g/mol. The molecule has 3 heteroatoms. The minimum atomic E-state index is -0.900. The van der Waals surface area contributed by atoms with E-state index < -0.39 is 5.97 Å². The molecule has 0 saturated heterocycles. The van der Waals surface area contributed by atoms with Gasteiger partial charge in [-0.3, -0.25) is 0 Å². The van der Waals surface area contributed by atoms with Gasteiger partial charge in [-0.05, 0) is 45.4 Å². The van der Waals surface area contributed by atoms with Crippen LogP contribution >= 0.6 is 0 Å². The summed E-state index contributed by atoms with van der Waals surface area (Å²) in [5.41, 5.74) is 1.97. The highest BCUT2D eigenvalue weighted by molar-refractivity contribution is 5.94. The van der Waals surface area contributed by atoms with Gasteiger partial charge in [0.25, 0.3) is 0 Å². The first-order valence-electron chi connectivity index (χ1n) is 6.00. The van der Waals surface area contributed by atoms with Crippen LogP contribution in [0.5, 0.6) is 0 Å². The molecule has 98 valence electrons. The van der Waals surface area contributed by atoms with E-state index >= 15 is 0 Å². The van der Waals surface area contributed by atoms with E-state index in [0.717, 1.165) is 11.3 Å². The molecule has 0 amide bonds. The Kier molecular flexibility index (Phi) is 4.17. The maximum Gasteiger partial charge on any atom is 0.337 e. The fourth-order valence-corrected chi connectivity index (χ4v) is 1.91. The van der Waals surface area contributed by atoms with Crippen LogP contribution in [0.15, 0.2) is 30.9 Å². The van der Waals surface area contributed by atoms with E-state index in [4.69, 9.17) is 0 Å². The van der Waals surface area contributed by atoms with Crippen LogP contribution in [0.1, 0.15) is 36.7 Å². The predicted molar refractivity (Wildman–Crippen MR) is 75.4 cm³/mol. The van der Waals surface area contributed by atoms with Gasteiger partial charge in [-0.2, -0.15) is 0 Å². The highest BCUT2D eigenvalue weighted by Gasteiger charge is 2.24. The van der Waals surface area contributed by atoms with Gasteiger partial charge in [-0.25, -0.2) is 4.79 Å². The third kappa shape index (κ3) is 3.13. The number of rotatable bonds is 4. The SMILES string of the molecule is C=CCN(c1cc(C)ccc1C(=O)O)C(C)(C)C. The number of anilines is 1. The molecule has 18 heavy (non-hydrogen) atoms. The highest BCUT2D eigenvalue weighted by atomic mass is 16.4. The second-order valence-corrected chi connectivity index (χ2v) is 5.40. The van der Waals surface area contributed by atoms with Crippen LogP contribution in [0.3, 0.4) is 0 Å². The smallest absolute Gasteiger partial charge is 0.337 e. The molecule has 1 aromatic rings. The van der Waals surface area contributed by atoms with E-state index in [1.165, 1.54) is 0 Å². The van der Waals surface area contributed by atoms with Crippen LogP contribution in [0, 0.1) is 6.92 Å². The topological polar surface area (TPSA) is 40.5 Å².